The van der Waals surface area contributed by atoms with E-state index in [4.69, 9.17) is 4.98 Å². The minimum atomic E-state index is 0.151. The number of thiazole rings is 1. The van der Waals surface area contributed by atoms with Crippen LogP contribution in [0.1, 0.15) is 50.7 Å². The first kappa shape index (κ1) is 19.3. The highest BCUT2D eigenvalue weighted by atomic mass is 32.1. The van der Waals surface area contributed by atoms with Gasteiger partial charge in [-0.2, -0.15) is 0 Å². The zero-order chi connectivity index (χ0) is 17.4. The van der Waals surface area contributed by atoms with Gasteiger partial charge in [0.15, 0.2) is 0 Å². The number of rotatable bonds is 9. The molecule has 1 atom stereocenters. The summed E-state index contributed by atoms with van der Waals surface area (Å²) in [7, 11) is 0. The molecule has 0 aliphatic carbocycles. The zero-order valence-electron chi connectivity index (χ0n) is 15.4. The first-order chi connectivity index (χ1) is 11.6. The van der Waals surface area contributed by atoms with E-state index in [0.29, 0.717) is 6.54 Å². The second-order valence-corrected chi connectivity index (χ2v) is 7.71. The minimum absolute atomic E-state index is 0.151. The van der Waals surface area contributed by atoms with Crippen LogP contribution in [-0.4, -0.2) is 59.5 Å². The van der Waals surface area contributed by atoms with E-state index in [9.17, 15) is 4.79 Å². The van der Waals surface area contributed by atoms with Gasteiger partial charge in [0, 0.05) is 44.1 Å². The fourth-order valence-electron chi connectivity index (χ4n) is 2.82. The third kappa shape index (κ3) is 6.49. The van der Waals surface area contributed by atoms with Gasteiger partial charge in [-0.15, -0.1) is 11.3 Å². The molecule has 0 saturated carbocycles. The lowest BCUT2D eigenvalue weighted by Crippen LogP contribution is -2.49. The number of aryl methyl sites for hydroxylation is 1. The van der Waals surface area contributed by atoms with E-state index < -0.39 is 0 Å². The maximum Gasteiger partial charge on any atom is 0.234 e. The van der Waals surface area contributed by atoms with Gasteiger partial charge in [-0.05, 0) is 26.2 Å². The smallest absolute Gasteiger partial charge is 0.234 e. The topological polar surface area (TPSA) is 48.5 Å². The Bertz CT molecular complexity index is 497. The molecule has 1 aliphatic heterocycles. The molecule has 136 valence electrons. The van der Waals surface area contributed by atoms with Gasteiger partial charge >= 0.3 is 0 Å². The number of nitrogens with one attached hydrogen (secondary N) is 1. The highest BCUT2D eigenvalue weighted by Gasteiger charge is 2.20. The number of hydrogen-bond acceptors (Lipinski definition) is 5. The molecule has 0 radical (unpaired) electrons. The summed E-state index contributed by atoms with van der Waals surface area (Å²) in [6, 6.07) is 0.269. The van der Waals surface area contributed by atoms with Gasteiger partial charge in [0.25, 0.3) is 0 Å². The fraction of sp³-hybridized carbons (Fsp3) is 0.778. The third-order valence-corrected chi connectivity index (χ3v) is 5.54. The lowest BCUT2D eigenvalue weighted by atomic mass is 10.2. The predicted molar refractivity (Wildman–Crippen MR) is 100 cm³/mol. The summed E-state index contributed by atoms with van der Waals surface area (Å²) in [5.74, 6) is 0.151. The molecule has 2 heterocycles. The fourth-order valence-corrected chi connectivity index (χ4v) is 3.66. The second kappa shape index (κ2) is 10.1. The number of unbranched alkanes of at least 4 members (excludes halogenated alkanes) is 1. The Balaban J connectivity index is 1.69. The average Bonchev–Trinajstić information content (AvgIpc) is 3.02. The molecule has 0 bridgehead atoms. The largest absolute Gasteiger partial charge is 0.353 e. The van der Waals surface area contributed by atoms with E-state index >= 15 is 0 Å². The first-order valence-electron chi connectivity index (χ1n) is 9.28. The Morgan fingerprint density at radius 1 is 1.29 bits per heavy atom. The van der Waals surface area contributed by atoms with Crippen molar-refractivity contribution in [2.24, 2.45) is 0 Å². The van der Waals surface area contributed by atoms with E-state index in [-0.39, 0.29) is 11.9 Å². The van der Waals surface area contributed by atoms with Crippen molar-refractivity contribution in [3.63, 3.8) is 0 Å². The summed E-state index contributed by atoms with van der Waals surface area (Å²) in [4.78, 5) is 21.4. The lowest BCUT2D eigenvalue weighted by molar-refractivity contribution is -0.123. The quantitative estimate of drug-likeness (QED) is 0.742. The van der Waals surface area contributed by atoms with E-state index in [1.165, 1.54) is 23.5 Å². The molecular formula is C18H32N4OS. The number of amides is 1. The van der Waals surface area contributed by atoms with Crippen molar-refractivity contribution >= 4 is 17.2 Å². The van der Waals surface area contributed by atoms with Crippen LogP contribution in [0, 0.1) is 0 Å². The maximum atomic E-state index is 12.0. The van der Waals surface area contributed by atoms with Crippen molar-refractivity contribution in [3.05, 3.63) is 16.1 Å². The van der Waals surface area contributed by atoms with Gasteiger partial charge in [0.2, 0.25) is 5.91 Å². The number of aromatic nitrogens is 1. The number of carbonyl (C=O) groups is 1. The van der Waals surface area contributed by atoms with Gasteiger partial charge in [-0.1, -0.05) is 20.3 Å². The van der Waals surface area contributed by atoms with E-state index in [1.54, 1.807) is 11.3 Å². The summed E-state index contributed by atoms with van der Waals surface area (Å²) in [5.41, 5.74) is 1.20. The summed E-state index contributed by atoms with van der Waals surface area (Å²) in [6.45, 7) is 11.8. The van der Waals surface area contributed by atoms with Gasteiger partial charge in [-0.25, -0.2) is 4.98 Å². The molecule has 1 amide bonds. The summed E-state index contributed by atoms with van der Waals surface area (Å²) < 4.78 is 0. The number of piperazine rings is 1. The Hall–Kier alpha value is -0.980. The highest BCUT2D eigenvalue weighted by molar-refractivity contribution is 7.09. The first-order valence-corrected chi connectivity index (χ1v) is 10.2. The van der Waals surface area contributed by atoms with Crippen LogP contribution < -0.4 is 5.32 Å². The van der Waals surface area contributed by atoms with E-state index in [1.807, 2.05) is 0 Å². The normalized spacial score (nSPS) is 17.8. The molecular weight excluding hydrogens is 320 g/mol. The molecule has 1 N–H and O–H groups in total. The van der Waals surface area contributed by atoms with Crippen LogP contribution in [0.25, 0.3) is 0 Å². The molecule has 5 nitrogen and oxygen atoms in total. The van der Waals surface area contributed by atoms with E-state index in [2.05, 4.69) is 41.3 Å². The molecule has 1 aliphatic rings. The standard InChI is InChI=1S/C18H32N4OS/c1-4-6-7-18-20-16(14-24-18)12-21-8-10-22(11-9-21)13-17(23)19-15(3)5-2/h14-15H,4-13H2,1-3H3,(H,19,23). The van der Waals surface area contributed by atoms with Gasteiger partial charge < -0.3 is 5.32 Å². The van der Waals surface area contributed by atoms with Crippen molar-refractivity contribution < 1.29 is 4.79 Å². The SMILES string of the molecule is CCCCc1nc(CN2CCN(CC(=O)NC(C)CC)CC2)cs1. The van der Waals surface area contributed by atoms with Gasteiger partial charge in [0.05, 0.1) is 17.2 Å². The van der Waals surface area contributed by atoms with Crippen molar-refractivity contribution in [2.45, 2.75) is 59.0 Å². The van der Waals surface area contributed by atoms with Crippen LogP contribution in [0.5, 0.6) is 0 Å². The van der Waals surface area contributed by atoms with Gasteiger partial charge in [-0.3, -0.25) is 14.6 Å². The Morgan fingerprint density at radius 3 is 2.67 bits per heavy atom. The average molecular weight is 353 g/mol. The molecule has 1 saturated heterocycles. The van der Waals surface area contributed by atoms with Crippen LogP contribution in [0.3, 0.4) is 0 Å². The Labute approximate surface area is 150 Å². The summed E-state index contributed by atoms with van der Waals surface area (Å²) in [6.07, 6.45) is 4.54. The molecule has 1 aromatic rings. The molecule has 0 spiro atoms. The van der Waals surface area contributed by atoms with E-state index in [0.717, 1.165) is 45.6 Å². The molecule has 1 unspecified atom stereocenters. The third-order valence-electron chi connectivity index (χ3n) is 4.58. The van der Waals surface area contributed by atoms with Crippen molar-refractivity contribution in [1.82, 2.24) is 20.1 Å². The number of nitrogens with zero attached hydrogens (tertiary/aromatic N) is 3. The molecule has 0 aromatic carbocycles. The van der Waals surface area contributed by atoms with Crippen LogP contribution in [-0.2, 0) is 17.8 Å². The highest BCUT2D eigenvalue weighted by Crippen LogP contribution is 2.15. The summed E-state index contributed by atoms with van der Waals surface area (Å²) >= 11 is 1.79. The maximum absolute atomic E-state index is 12.0. The van der Waals surface area contributed by atoms with Crippen molar-refractivity contribution in [2.75, 3.05) is 32.7 Å². The van der Waals surface area contributed by atoms with Crippen LogP contribution in [0.2, 0.25) is 0 Å². The second-order valence-electron chi connectivity index (χ2n) is 6.77. The number of hydrogen-bond donors (Lipinski definition) is 1. The lowest BCUT2D eigenvalue weighted by Gasteiger charge is -2.34. The van der Waals surface area contributed by atoms with Crippen molar-refractivity contribution in [1.29, 1.82) is 0 Å². The zero-order valence-corrected chi connectivity index (χ0v) is 16.2. The molecule has 2 rings (SSSR count). The number of carbonyl (C=O) groups excluding carboxylic acids is 1. The monoisotopic (exact) mass is 352 g/mol. The minimum Gasteiger partial charge on any atom is -0.353 e. The molecule has 1 fully saturated rings. The molecule has 1 aromatic heterocycles. The summed E-state index contributed by atoms with van der Waals surface area (Å²) in [5, 5.41) is 6.52. The Morgan fingerprint density at radius 2 is 2.00 bits per heavy atom. The van der Waals surface area contributed by atoms with Crippen molar-refractivity contribution in [3.8, 4) is 0 Å². The molecule has 24 heavy (non-hydrogen) atoms. The van der Waals surface area contributed by atoms with Crippen LogP contribution in [0.4, 0.5) is 0 Å². The molecule has 6 heteroatoms. The predicted octanol–water partition coefficient (Wildman–Crippen LogP) is 2.52. The van der Waals surface area contributed by atoms with Crippen LogP contribution >= 0.6 is 11.3 Å². The van der Waals surface area contributed by atoms with Gasteiger partial charge in [0.1, 0.15) is 0 Å². The van der Waals surface area contributed by atoms with Crippen LogP contribution in [0.15, 0.2) is 5.38 Å². The Kier molecular flexibility index (Phi) is 8.15.